The number of nitrogens with one attached hydrogen (secondary N) is 1. The molecule has 0 aliphatic carbocycles. The first kappa shape index (κ1) is 10.6. The number of H-pyrrole nitrogens is 1. The van der Waals surface area contributed by atoms with E-state index in [1.165, 1.54) is 21.5 Å². The van der Waals surface area contributed by atoms with E-state index in [2.05, 4.69) is 35.5 Å². The lowest BCUT2D eigenvalue weighted by Crippen LogP contribution is -2.17. The molecular weight excluding hydrogens is 204 g/mol. The Morgan fingerprint density at radius 1 is 1.40 bits per heavy atom. The summed E-state index contributed by atoms with van der Waals surface area (Å²) in [5.41, 5.74) is 8.20. The second-order valence-corrected chi connectivity index (χ2v) is 4.81. The van der Waals surface area contributed by atoms with E-state index in [-0.39, 0.29) is 6.04 Å². The maximum absolute atomic E-state index is 5.78. The molecule has 3 N–H and O–H groups in total. The molecule has 2 aromatic rings. The van der Waals surface area contributed by atoms with Crippen molar-refractivity contribution in [3.05, 3.63) is 30.0 Å². The van der Waals surface area contributed by atoms with Crippen LogP contribution in [0.5, 0.6) is 0 Å². The second kappa shape index (κ2) is 4.29. The first-order valence-corrected chi connectivity index (χ1v) is 6.32. The average molecular weight is 220 g/mol. The van der Waals surface area contributed by atoms with E-state index in [4.69, 9.17) is 5.73 Å². The molecule has 0 amide bonds. The van der Waals surface area contributed by atoms with Gasteiger partial charge in [-0.3, -0.25) is 0 Å². The molecule has 0 bridgehead atoms. The van der Waals surface area contributed by atoms with Gasteiger partial charge in [-0.05, 0) is 36.8 Å². The highest BCUT2D eigenvalue weighted by molar-refractivity contribution is 7.98. The molecule has 0 radical (unpaired) electrons. The van der Waals surface area contributed by atoms with Gasteiger partial charge in [0.05, 0.1) is 0 Å². The largest absolute Gasteiger partial charge is 0.358 e. The predicted octanol–water partition coefficient (Wildman–Crippen LogP) is 2.78. The van der Waals surface area contributed by atoms with Crippen LogP contribution in [0.2, 0.25) is 0 Å². The van der Waals surface area contributed by atoms with Crippen LogP contribution in [0.3, 0.4) is 0 Å². The van der Waals surface area contributed by atoms with E-state index in [9.17, 15) is 0 Å². The number of aromatic nitrogens is 1. The van der Waals surface area contributed by atoms with Gasteiger partial charge in [0.2, 0.25) is 0 Å². The van der Waals surface area contributed by atoms with Crippen LogP contribution in [-0.2, 0) is 6.42 Å². The van der Waals surface area contributed by atoms with Crippen LogP contribution in [0, 0.1) is 0 Å². The summed E-state index contributed by atoms with van der Waals surface area (Å²) in [4.78, 5) is 4.70. The van der Waals surface area contributed by atoms with Crippen LogP contribution in [0.15, 0.2) is 29.2 Å². The van der Waals surface area contributed by atoms with Gasteiger partial charge in [-0.2, -0.15) is 0 Å². The number of rotatable bonds is 3. The highest BCUT2D eigenvalue weighted by atomic mass is 32.2. The molecule has 3 heteroatoms. The first-order chi connectivity index (χ1) is 7.19. The molecule has 2 nitrogen and oxygen atoms in total. The van der Waals surface area contributed by atoms with Crippen LogP contribution >= 0.6 is 11.8 Å². The van der Waals surface area contributed by atoms with E-state index in [0.29, 0.717) is 0 Å². The topological polar surface area (TPSA) is 41.8 Å². The third kappa shape index (κ3) is 2.36. The number of hydrogen-bond acceptors (Lipinski definition) is 2. The predicted molar refractivity (Wildman–Crippen MR) is 67.4 cm³/mol. The van der Waals surface area contributed by atoms with Crippen molar-refractivity contribution in [3.8, 4) is 0 Å². The second-order valence-electron chi connectivity index (χ2n) is 3.93. The van der Waals surface area contributed by atoms with Gasteiger partial charge in [0.15, 0.2) is 0 Å². The third-order valence-electron chi connectivity index (χ3n) is 2.43. The molecule has 0 aliphatic heterocycles. The van der Waals surface area contributed by atoms with Crippen LogP contribution in [-0.4, -0.2) is 17.3 Å². The summed E-state index contributed by atoms with van der Waals surface area (Å²) < 4.78 is 0. The van der Waals surface area contributed by atoms with Gasteiger partial charge in [0.1, 0.15) is 0 Å². The van der Waals surface area contributed by atoms with Crippen LogP contribution in [0.1, 0.15) is 12.6 Å². The van der Waals surface area contributed by atoms with Crippen LogP contribution in [0.4, 0.5) is 0 Å². The maximum Gasteiger partial charge on any atom is 0.0467 e. The molecule has 0 fully saturated rings. The molecule has 1 aromatic carbocycles. The van der Waals surface area contributed by atoms with Crippen molar-refractivity contribution < 1.29 is 0 Å². The van der Waals surface area contributed by atoms with Crippen molar-refractivity contribution >= 4 is 22.7 Å². The molecule has 80 valence electrons. The van der Waals surface area contributed by atoms with Gasteiger partial charge in [0, 0.05) is 28.6 Å². The molecule has 1 atom stereocenters. The smallest absolute Gasteiger partial charge is 0.0467 e. The zero-order valence-corrected chi connectivity index (χ0v) is 9.90. The number of hydrogen-bond donors (Lipinski definition) is 2. The van der Waals surface area contributed by atoms with Crippen LogP contribution in [0.25, 0.3) is 10.9 Å². The Hall–Kier alpha value is -0.930. The summed E-state index contributed by atoms with van der Waals surface area (Å²) in [5.74, 6) is 0. The van der Waals surface area contributed by atoms with Crippen molar-refractivity contribution in [2.24, 2.45) is 5.73 Å². The first-order valence-electron chi connectivity index (χ1n) is 5.10. The van der Waals surface area contributed by atoms with Gasteiger partial charge in [-0.1, -0.05) is 6.07 Å². The third-order valence-corrected chi connectivity index (χ3v) is 3.15. The highest BCUT2D eigenvalue weighted by Gasteiger charge is 2.03. The lowest BCUT2D eigenvalue weighted by Gasteiger charge is -2.00. The lowest BCUT2D eigenvalue weighted by molar-refractivity contribution is 0.727. The average Bonchev–Trinajstić information content (AvgIpc) is 2.57. The van der Waals surface area contributed by atoms with Gasteiger partial charge in [-0.25, -0.2) is 0 Å². The Morgan fingerprint density at radius 3 is 2.87 bits per heavy atom. The van der Waals surface area contributed by atoms with E-state index in [1.807, 2.05) is 6.92 Å². The summed E-state index contributed by atoms with van der Waals surface area (Å²) in [5, 5.41) is 1.27. The van der Waals surface area contributed by atoms with Crippen LogP contribution < -0.4 is 5.73 Å². The SMILES string of the molecule is CSc1ccc2cc(CC(C)N)[nH]c2c1. The minimum absolute atomic E-state index is 0.207. The molecule has 1 heterocycles. The summed E-state index contributed by atoms with van der Waals surface area (Å²) in [6, 6.07) is 8.88. The summed E-state index contributed by atoms with van der Waals surface area (Å²) in [6.07, 6.45) is 3.00. The van der Waals surface area contributed by atoms with Gasteiger partial charge >= 0.3 is 0 Å². The van der Waals surface area contributed by atoms with Gasteiger partial charge < -0.3 is 10.7 Å². The fraction of sp³-hybridized carbons (Fsp3) is 0.333. The highest BCUT2D eigenvalue weighted by Crippen LogP contribution is 2.22. The molecule has 0 saturated carbocycles. The minimum atomic E-state index is 0.207. The van der Waals surface area contributed by atoms with E-state index >= 15 is 0 Å². The number of nitrogens with two attached hydrogens (primary N) is 1. The maximum atomic E-state index is 5.78. The van der Waals surface area contributed by atoms with E-state index < -0.39 is 0 Å². The van der Waals surface area contributed by atoms with Crippen molar-refractivity contribution in [3.63, 3.8) is 0 Å². The Bertz CT molecular complexity index is 460. The standard InChI is InChI=1S/C12H16N2S/c1-8(13)5-10-6-9-3-4-11(15-2)7-12(9)14-10/h3-4,6-8,14H,5,13H2,1-2H3. The van der Waals surface area contributed by atoms with Crippen molar-refractivity contribution in [2.75, 3.05) is 6.26 Å². The molecule has 15 heavy (non-hydrogen) atoms. The molecule has 2 rings (SSSR count). The summed E-state index contributed by atoms with van der Waals surface area (Å²) in [6.45, 7) is 2.03. The fourth-order valence-electron chi connectivity index (χ4n) is 1.75. The van der Waals surface area contributed by atoms with Crippen molar-refractivity contribution in [2.45, 2.75) is 24.3 Å². The molecular formula is C12H16N2S. The zero-order valence-electron chi connectivity index (χ0n) is 9.08. The zero-order chi connectivity index (χ0) is 10.8. The Morgan fingerprint density at radius 2 is 2.20 bits per heavy atom. The van der Waals surface area contributed by atoms with Gasteiger partial charge in [0.25, 0.3) is 0 Å². The normalized spacial score (nSPS) is 13.3. The van der Waals surface area contributed by atoms with E-state index in [1.54, 1.807) is 11.8 Å². The molecule has 0 saturated heterocycles. The molecule has 0 spiro atoms. The Kier molecular flexibility index (Phi) is 3.03. The molecule has 1 unspecified atom stereocenters. The fourth-order valence-corrected chi connectivity index (χ4v) is 2.19. The summed E-state index contributed by atoms with van der Waals surface area (Å²) >= 11 is 1.76. The number of benzene rings is 1. The Balaban J connectivity index is 2.37. The minimum Gasteiger partial charge on any atom is -0.358 e. The number of thioether (sulfide) groups is 1. The Labute approximate surface area is 94.2 Å². The van der Waals surface area contributed by atoms with Crippen molar-refractivity contribution in [1.29, 1.82) is 0 Å². The molecule has 0 aliphatic rings. The number of fused-ring (bicyclic) bond motifs is 1. The van der Waals surface area contributed by atoms with Gasteiger partial charge in [-0.15, -0.1) is 11.8 Å². The van der Waals surface area contributed by atoms with E-state index in [0.717, 1.165) is 6.42 Å². The lowest BCUT2D eigenvalue weighted by atomic mass is 10.2. The monoisotopic (exact) mass is 220 g/mol. The molecule has 1 aromatic heterocycles. The summed E-state index contributed by atoms with van der Waals surface area (Å²) in [7, 11) is 0. The quantitative estimate of drug-likeness (QED) is 0.781. The number of aromatic amines is 1. The van der Waals surface area contributed by atoms with Crippen molar-refractivity contribution in [1.82, 2.24) is 4.98 Å².